The second kappa shape index (κ2) is 6.79. The van der Waals surface area contributed by atoms with Crippen LogP contribution in [0.3, 0.4) is 0 Å². The lowest BCUT2D eigenvalue weighted by Crippen LogP contribution is -2.10. The Hall–Kier alpha value is -2.70. The zero-order chi connectivity index (χ0) is 19.1. The number of hydrogen-bond acceptors (Lipinski definition) is 4. The van der Waals surface area contributed by atoms with Crippen molar-refractivity contribution in [3.8, 4) is 5.69 Å². The molecule has 1 aliphatic rings. The van der Waals surface area contributed by atoms with Gasteiger partial charge in [0, 0.05) is 21.2 Å². The Balaban J connectivity index is 2.02. The van der Waals surface area contributed by atoms with E-state index in [1.54, 1.807) is 18.2 Å². The maximum Gasteiger partial charge on any atom is 0.306 e. The lowest BCUT2D eigenvalue weighted by molar-refractivity contribution is -0.137. The Bertz CT molecular complexity index is 1070. The van der Waals surface area contributed by atoms with E-state index in [2.05, 4.69) is 10.2 Å². The first-order chi connectivity index (χ1) is 12.9. The highest BCUT2D eigenvalue weighted by atomic mass is 35.5. The number of fused-ring (bicyclic) bond motifs is 3. The minimum atomic E-state index is -0.963. The molecular formula is C19H14Cl2N4O2. The van der Waals surface area contributed by atoms with E-state index in [1.165, 1.54) is 0 Å². The molecule has 0 aliphatic carbocycles. The molecule has 8 heteroatoms. The lowest BCUT2D eigenvalue weighted by Gasteiger charge is -2.13. The normalized spacial score (nSPS) is 15.5. The molecule has 1 N–H and O–H groups in total. The summed E-state index contributed by atoms with van der Waals surface area (Å²) in [4.78, 5) is 16.2. The quantitative estimate of drug-likeness (QED) is 0.712. The van der Waals surface area contributed by atoms with Crippen molar-refractivity contribution in [2.45, 2.75) is 19.4 Å². The van der Waals surface area contributed by atoms with E-state index in [-0.39, 0.29) is 6.42 Å². The van der Waals surface area contributed by atoms with Crippen molar-refractivity contribution < 1.29 is 9.90 Å². The van der Waals surface area contributed by atoms with Gasteiger partial charge < -0.3 is 5.11 Å². The Morgan fingerprint density at radius 1 is 1.11 bits per heavy atom. The fraction of sp³-hybridized carbons (Fsp3) is 0.158. The number of halogens is 2. The van der Waals surface area contributed by atoms with Gasteiger partial charge in [-0.1, -0.05) is 35.3 Å². The van der Waals surface area contributed by atoms with Gasteiger partial charge in [0.05, 0.1) is 17.8 Å². The van der Waals surface area contributed by atoms with Crippen LogP contribution in [0.1, 0.15) is 35.2 Å². The Kier molecular flexibility index (Phi) is 4.45. The van der Waals surface area contributed by atoms with Crippen LogP contribution in [0.4, 0.5) is 0 Å². The molecule has 0 saturated carbocycles. The number of hydrogen-bond donors (Lipinski definition) is 1. The fourth-order valence-corrected chi connectivity index (χ4v) is 3.51. The van der Waals surface area contributed by atoms with E-state index in [0.29, 0.717) is 27.4 Å². The molecule has 1 aromatic heterocycles. The highest BCUT2D eigenvalue weighted by Gasteiger charge is 2.29. The van der Waals surface area contributed by atoms with Crippen LogP contribution in [0.5, 0.6) is 0 Å². The first kappa shape index (κ1) is 17.7. The molecule has 2 aromatic carbocycles. The lowest BCUT2D eigenvalue weighted by atomic mass is 10.0. The van der Waals surface area contributed by atoms with Crippen LogP contribution in [0, 0.1) is 6.92 Å². The number of rotatable bonds is 3. The highest BCUT2D eigenvalue weighted by molar-refractivity contribution is 6.32. The summed E-state index contributed by atoms with van der Waals surface area (Å²) in [6.45, 7) is 1.82. The largest absolute Gasteiger partial charge is 0.481 e. The Morgan fingerprint density at radius 2 is 1.81 bits per heavy atom. The van der Waals surface area contributed by atoms with Gasteiger partial charge in [0.2, 0.25) is 0 Å². The van der Waals surface area contributed by atoms with E-state index in [0.717, 1.165) is 16.8 Å². The van der Waals surface area contributed by atoms with Gasteiger partial charge >= 0.3 is 5.97 Å². The summed E-state index contributed by atoms with van der Waals surface area (Å²) < 4.78 is 1.84. The Morgan fingerprint density at radius 3 is 2.52 bits per heavy atom. The van der Waals surface area contributed by atoms with Crippen LogP contribution < -0.4 is 0 Å². The van der Waals surface area contributed by atoms with Gasteiger partial charge in [-0.05, 0) is 37.3 Å². The third-order valence-electron chi connectivity index (χ3n) is 4.37. The molecular weight excluding hydrogens is 387 g/mol. The van der Waals surface area contributed by atoms with Crippen molar-refractivity contribution in [2.24, 2.45) is 4.99 Å². The molecule has 0 bridgehead atoms. The smallest absolute Gasteiger partial charge is 0.306 e. The minimum absolute atomic E-state index is 0.197. The molecule has 0 unspecified atom stereocenters. The standard InChI is InChI=1S/C19H14Cl2N4O2/c1-10-23-24-19-15(9-17(26)27)22-18(11-2-4-12(20)5-3-11)14-8-13(21)6-7-16(14)25(10)19/h2-8,15H,9H2,1H3,(H,26,27)/t15-/m0/s1. The summed E-state index contributed by atoms with van der Waals surface area (Å²) >= 11 is 12.3. The van der Waals surface area contributed by atoms with Crippen molar-refractivity contribution in [1.82, 2.24) is 14.8 Å². The van der Waals surface area contributed by atoms with E-state index < -0.39 is 12.0 Å². The summed E-state index contributed by atoms with van der Waals surface area (Å²) in [5, 5.41) is 18.9. The molecule has 4 rings (SSSR count). The second-order valence-electron chi connectivity index (χ2n) is 6.20. The van der Waals surface area contributed by atoms with Crippen LogP contribution in [0.25, 0.3) is 5.69 Å². The Labute approximate surface area is 165 Å². The maximum atomic E-state index is 11.4. The van der Waals surface area contributed by atoms with Gasteiger partial charge in [-0.15, -0.1) is 10.2 Å². The van der Waals surface area contributed by atoms with Crippen molar-refractivity contribution in [1.29, 1.82) is 0 Å². The summed E-state index contributed by atoms with van der Waals surface area (Å²) in [7, 11) is 0. The summed E-state index contributed by atoms with van der Waals surface area (Å²) in [5.74, 6) is 0.175. The first-order valence-electron chi connectivity index (χ1n) is 8.22. The third-order valence-corrected chi connectivity index (χ3v) is 4.86. The monoisotopic (exact) mass is 400 g/mol. The highest BCUT2D eigenvalue weighted by Crippen LogP contribution is 2.33. The molecule has 3 aromatic rings. The van der Waals surface area contributed by atoms with Crippen LogP contribution in [-0.2, 0) is 4.79 Å². The molecule has 27 heavy (non-hydrogen) atoms. The number of carbonyl (C=O) groups is 1. The van der Waals surface area contributed by atoms with E-state index in [4.69, 9.17) is 28.2 Å². The number of nitrogens with zero attached hydrogens (tertiary/aromatic N) is 4. The van der Waals surface area contributed by atoms with Crippen molar-refractivity contribution in [2.75, 3.05) is 0 Å². The van der Waals surface area contributed by atoms with Crippen LogP contribution >= 0.6 is 23.2 Å². The number of aliphatic imine (C=N–C) groups is 1. The average molecular weight is 401 g/mol. The molecule has 6 nitrogen and oxygen atoms in total. The molecule has 0 radical (unpaired) electrons. The number of carboxylic acid groups (broad SMARTS) is 1. The first-order valence-corrected chi connectivity index (χ1v) is 8.97. The van der Waals surface area contributed by atoms with E-state index in [1.807, 2.05) is 35.8 Å². The topological polar surface area (TPSA) is 80.4 Å². The summed E-state index contributed by atoms with van der Waals surface area (Å²) in [6, 6.07) is 12.0. The molecule has 136 valence electrons. The van der Waals surface area contributed by atoms with Gasteiger partial charge in [0.1, 0.15) is 11.9 Å². The van der Waals surface area contributed by atoms with Gasteiger partial charge in [-0.3, -0.25) is 14.4 Å². The van der Waals surface area contributed by atoms with Gasteiger partial charge in [-0.2, -0.15) is 0 Å². The molecule has 0 saturated heterocycles. The van der Waals surface area contributed by atoms with Gasteiger partial charge in [0.25, 0.3) is 0 Å². The molecule has 2 heterocycles. The molecule has 1 atom stereocenters. The number of carboxylic acids is 1. The number of aliphatic carboxylic acids is 1. The molecule has 0 fully saturated rings. The second-order valence-corrected chi connectivity index (χ2v) is 7.07. The zero-order valence-corrected chi connectivity index (χ0v) is 15.7. The average Bonchev–Trinajstić information content (AvgIpc) is 2.94. The summed E-state index contributed by atoms with van der Waals surface area (Å²) in [5.41, 5.74) is 3.04. The number of aromatic nitrogens is 3. The third kappa shape index (κ3) is 3.22. The molecule has 0 spiro atoms. The van der Waals surface area contributed by atoms with Gasteiger partial charge in [0.15, 0.2) is 5.82 Å². The van der Waals surface area contributed by atoms with Crippen molar-refractivity contribution >= 4 is 34.9 Å². The predicted octanol–water partition coefficient (Wildman–Crippen LogP) is 4.25. The van der Waals surface area contributed by atoms with Crippen LogP contribution in [0.2, 0.25) is 10.0 Å². The molecule has 0 amide bonds. The van der Waals surface area contributed by atoms with Crippen molar-refractivity contribution in [3.63, 3.8) is 0 Å². The predicted molar refractivity (Wildman–Crippen MR) is 103 cm³/mol. The number of benzene rings is 2. The summed E-state index contributed by atoms with van der Waals surface area (Å²) in [6.07, 6.45) is -0.197. The fourth-order valence-electron chi connectivity index (χ4n) is 3.21. The van der Waals surface area contributed by atoms with E-state index >= 15 is 0 Å². The van der Waals surface area contributed by atoms with Gasteiger partial charge in [-0.25, -0.2) is 0 Å². The molecule has 1 aliphatic heterocycles. The minimum Gasteiger partial charge on any atom is -0.481 e. The SMILES string of the molecule is Cc1nnc2n1-c1ccc(Cl)cc1C(c1ccc(Cl)cc1)=N[C@H]2CC(=O)O. The van der Waals surface area contributed by atoms with Crippen molar-refractivity contribution in [3.05, 3.63) is 75.3 Å². The van der Waals surface area contributed by atoms with Crippen LogP contribution in [0.15, 0.2) is 47.5 Å². The maximum absolute atomic E-state index is 11.4. The number of aryl methyl sites for hydroxylation is 1. The zero-order valence-electron chi connectivity index (χ0n) is 14.2. The van der Waals surface area contributed by atoms with E-state index in [9.17, 15) is 9.90 Å². The van der Waals surface area contributed by atoms with Crippen LogP contribution in [-0.4, -0.2) is 31.6 Å².